The highest BCUT2D eigenvalue weighted by Gasteiger charge is 2.62. The molecule has 1 aliphatic heterocycles. The van der Waals surface area contributed by atoms with Gasteiger partial charge in [-0.25, -0.2) is 0 Å². The lowest BCUT2D eigenvalue weighted by Crippen LogP contribution is -2.26. The molecule has 2 aliphatic rings. The molecule has 0 N–H and O–H groups in total. The number of hydrogen-bond acceptors (Lipinski definition) is 1. The molecule has 1 aromatic carbocycles. The van der Waals surface area contributed by atoms with Crippen LogP contribution in [0.2, 0.25) is 0 Å². The van der Waals surface area contributed by atoms with Crippen molar-refractivity contribution < 1.29 is 4.57 Å². The van der Waals surface area contributed by atoms with E-state index in [4.69, 9.17) is 0 Å². The first-order chi connectivity index (χ1) is 7.48. The number of benzene rings is 1. The molecule has 2 heteroatoms. The third kappa shape index (κ3) is 1.21. The minimum absolute atomic E-state index is 0.0864. The second-order valence-corrected chi connectivity index (χ2v) is 9.61. The zero-order valence-electron chi connectivity index (χ0n) is 10.1. The fourth-order valence-corrected chi connectivity index (χ4v) is 8.21. The molecule has 0 radical (unpaired) electrons. The lowest BCUT2D eigenvalue weighted by Gasteiger charge is -2.33. The smallest absolute Gasteiger partial charge is 0.121 e. The second-order valence-electron chi connectivity index (χ2n) is 6.22. The van der Waals surface area contributed by atoms with Crippen molar-refractivity contribution >= 4 is 12.4 Å². The summed E-state index contributed by atoms with van der Waals surface area (Å²) < 4.78 is 13.3. The third-order valence-corrected chi connectivity index (χ3v) is 9.19. The molecule has 1 heterocycles. The summed E-state index contributed by atoms with van der Waals surface area (Å²) in [6, 6.07) is 10.2. The maximum Gasteiger partial charge on any atom is 0.121 e. The van der Waals surface area contributed by atoms with E-state index in [9.17, 15) is 4.57 Å². The quantitative estimate of drug-likeness (QED) is 0.678. The third-order valence-electron chi connectivity index (χ3n) is 4.72. The van der Waals surface area contributed by atoms with Gasteiger partial charge in [-0.1, -0.05) is 44.2 Å². The predicted octanol–water partition coefficient (Wildman–Crippen LogP) is 3.64. The molecule has 1 aromatic rings. The van der Waals surface area contributed by atoms with Gasteiger partial charge in [-0.05, 0) is 24.7 Å². The van der Waals surface area contributed by atoms with Crippen molar-refractivity contribution in [3.8, 4) is 0 Å². The van der Waals surface area contributed by atoms with E-state index in [-0.39, 0.29) is 5.16 Å². The van der Waals surface area contributed by atoms with Crippen LogP contribution in [0.3, 0.4) is 0 Å². The minimum Gasteiger partial charge on any atom is -0.318 e. The van der Waals surface area contributed by atoms with E-state index < -0.39 is 7.14 Å². The summed E-state index contributed by atoms with van der Waals surface area (Å²) in [5.41, 5.74) is 0.347. The van der Waals surface area contributed by atoms with Gasteiger partial charge in [-0.2, -0.15) is 0 Å². The molecule has 1 saturated heterocycles. The van der Waals surface area contributed by atoms with E-state index in [2.05, 4.69) is 26.0 Å². The molecule has 0 amide bonds. The first kappa shape index (κ1) is 10.6. The summed E-state index contributed by atoms with van der Waals surface area (Å²) in [6.07, 6.45) is 4.50. The average molecular weight is 234 g/mol. The van der Waals surface area contributed by atoms with Crippen molar-refractivity contribution in [2.24, 2.45) is 5.41 Å². The average Bonchev–Trinajstić information content (AvgIpc) is 2.66. The normalized spacial score (nSPS) is 46.1. The maximum absolute atomic E-state index is 13.3. The molecule has 1 aliphatic carbocycles. The number of rotatable bonds is 1. The Balaban J connectivity index is 2.12. The van der Waals surface area contributed by atoms with Crippen LogP contribution in [-0.2, 0) is 4.57 Å². The van der Waals surface area contributed by atoms with Crippen molar-refractivity contribution in [3.05, 3.63) is 30.3 Å². The van der Waals surface area contributed by atoms with Crippen LogP contribution in [0.5, 0.6) is 0 Å². The van der Waals surface area contributed by atoms with E-state index in [1.807, 2.05) is 18.2 Å². The van der Waals surface area contributed by atoms with Crippen molar-refractivity contribution in [2.45, 2.75) is 38.3 Å². The molecule has 2 bridgehead atoms. The fraction of sp³-hybridized carbons (Fsp3) is 0.571. The lowest BCUT2D eigenvalue weighted by atomic mass is 9.91. The Morgan fingerprint density at radius 1 is 1.12 bits per heavy atom. The largest absolute Gasteiger partial charge is 0.318 e. The van der Waals surface area contributed by atoms with Gasteiger partial charge < -0.3 is 4.57 Å². The molecule has 0 spiro atoms. The second kappa shape index (κ2) is 3.01. The minimum atomic E-state index is -2.16. The highest BCUT2D eigenvalue weighted by molar-refractivity contribution is 7.73. The van der Waals surface area contributed by atoms with Gasteiger partial charge >= 0.3 is 0 Å². The zero-order valence-corrected chi connectivity index (χ0v) is 11.0. The zero-order chi connectivity index (χ0) is 11.4. The molecule has 86 valence electrons. The van der Waals surface area contributed by atoms with Crippen LogP contribution in [0.25, 0.3) is 0 Å². The molecular weight excluding hydrogens is 215 g/mol. The van der Waals surface area contributed by atoms with Crippen LogP contribution in [-0.4, -0.2) is 11.3 Å². The van der Waals surface area contributed by atoms with Gasteiger partial charge in [0.25, 0.3) is 0 Å². The van der Waals surface area contributed by atoms with Crippen LogP contribution in [0.1, 0.15) is 33.1 Å². The van der Waals surface area contributed by atoms with Crippen LogP contribution < -0.4 is 5.30 Å². The first-order valence-corrected chi connectivity index (χ1v) is 8.02. The van der Waals surface area contributed by atoms with Crippen molar-refractivity contribution in [3.63, 3.8) is 0 Å². The first-order valence-electron chi connectivity index (χ1n) is 6.12. The van der Waals surface area contributed by atoms with Crippen molar-refractivity contribution in [2.75, 3.05) is 6.16 Å². The van der Waals surface area contributed by atoms with Gasteiger partial charge in [-0.15, -0.1) is 0 Å². The number of hydrogen-bond donors (Lipinski definition) is 0. The van der Waals surface area contributed by atoms with Crippen LogP contribution in [0.4, 0.5) is 0 Å². The van der Waals surface area contributed by atoms with Gasteiger partial charge in [0.2, 0.25) is 0 Å². The van der Waals surface area contributed by atoms with Gasteiger partial charge in [0.15, 0.2) is 0 Å². The van der Waals surface area contributed by atoms with Crippen LogP contribution in [0.15, 0.2) is 30.3 Å². The summed E-state index contributed by atoms with van der Waals surface area (Å²) in [7, 11) is -2.16. The summed E-state index contributed by atoms with van der Waals surface area (Å²) in [4.78, 5) is 0. The van der Waals surface area contributed by atoms with Gasteiger partial charge in [0.1, 0.15) is 7.14 Å². The van der Waals surface area contributed by atoms with Crippen molar-refractivity contribution in [1.29, 1.82) is 0 Å². The van der Waals surface area contributed by atoms with Crippen LogP contribution >= 0.6 is 7.14 Å². The van der Waals surface area contributed by atoms with E-state index in [1.54, 1.807) is 0 Å². The van der Waals surface area contributed by atoms with E-state index in [0.717, 1.165) is 24.3 Å². The maximum atomic E-state index is 13.3. The predicted molar refractivity (Wildman–Crippen MR) is 68.9 cm³/mol. The Bertz CT molecular complexity index is 467. The van der Waals surface area contributed by atoms with Crippen molar-refractivity contribution in [1.82, 2.24) is 0 Å². The highest BCUT2D eigenvalue weighted by Crippen LogP contribution is 2.76. The van der Waals surface area contributed by atoms with E-state index >= 15 is 0 Å². The molecular formula is C14H19OP. The molecule has 2 fully saturated rings. The topological polar surface area (TPSA) is 17.1 Å². The SMILES string of the molecule is C[C@]12CC[C@](C)(C1)[P@](=O)(c1ccccc1)C2. The molecule has 16 heavy (non-hydrogen) atoms. The fourth-order valence-electron chi connectivity index (χ4n) is 3.91. The Labute approximate surface area is 97.6 Å². The molecule has 0 unspecified atom stereocenters. The summed E-state index contributed by atoms with van der Waals surface area (Å²) in [5.74, 6) is 0. The molecule has 1 saturated carbocycles. The Hall–Kier alpha value is -0.550. The molecule has 1 nitrogen and oxygen atoms in total. The van der Waals surface area contributed by atoms with Crippen LogP contribution in [0, 0.1) is 5.41 Å². The summed E-state index contributed by atoms with van der Waals surface area (Å²) in [5, 5.41) is 1.20. The number of fused-ring (bicyclic) bond motifs is 2. The summed E-state index contributed by atoms with van der Waals surface area (Å²) in [6.45, 7) is 4.57. The Morgan fingerprint density at radius 3 is 2.31 bits per heavy atom. The molecule has 3 atom stereocenters. The monoisotopic (exact) mass is 234 g/mol. The highest BCUT2D eigenvalue weighted by atomic mass is 31.2. The lowest BCUT2D eigenvalue weighted by molar-refractivity contribution is 0.395. The van der Waals surface area contributed by atoms with E-state index in [0.29, 0.717) is 5.41 Å². The molecule has 3 rings (SSSR count). The van der Waals surface area contributed by atoms with Gasteiger partial charge in [0, 0.05) is 16.6 Å². The molecule has 0 aromatic heterocycles. The summed E-state index contributed by atoms with van der Waals surface area (Å²) >= 11 is 0. The Kier molecular flexibility index (Phi) is 2.00. The Morgan fingerprint density at radius 2 is 1.81 bits per heavy atom. The van der Waals surface area contributed by atoms with Gasteiger partial charge in [0.05, 0.1) is 0 Å². The standard InChI is InChI=1S/C14H19OP/c1-13-8-9-14(2,10-13)16(15,11-13)12-6-4-3-5-7-12/h3-7H,8-11H2,1-2H3/t13-,14+,16+/m0/s1. The van der Waals surface area contributed by atoms with E-state index in [1.165, 1.54) is 6.42 Å². The van der Waals surface area contributed by atoms with Gasteiger partial charge in [-0.3, -0.25) is 0 Å².